The van der Waals surface area contributed by atoms with E-state index in [9.17, 15) is 4.79 Å². The molecule has 1 aromatic carbocycles. The summed E-state index contributed by atoms with van der Waals surface area (Å²) in [7, 11) is 0. The Hall–Kier alpha value is -0.770. The molecule has 1 fully saturated rings. The van der Waals surface area contributed by atoms with E-state index in [2.05, 4.69) is 12.2 Å². The number of alkyl halides is 1. The van der Waals surface area contributed by atoms with Gasteiger partial charge in [-0.1, -0.05) is 37.8 Å². The molecule has 1 aromatic rings. The molecule has 0 radical (unpaired) electrons. The van der Waals surface area contributed by atoms with Gasteiger partial charge in [-0.15, -0.1) is 11.6 Å². The van der Waals surface area contributed by atoms with Crippen LogP contribution in [0.15, 0.2) is 24.3 Å². The van der Waals surface area contributed by atoms with Gasteiger partial charge in [-0.2, -0.15) is 0 Å². The van der Waals surface area contributed by atoms with Gasteiger partial charge in [0.25, 0.3) is 0 Å². The normalized spacial score (nSPS) is 21.7. The third kappa shape index (κ3) is 5.10. The summed E-state index contributed by atoms with van der Waals surface area (Å²) >= 11 is 11.8. The molecule has 23 heavy (non-hydrogen) atoms. The third-order valence-electron chi connectivity index (χ3n) is 4.46. The molecule has 2 atom stereocenters. The fraction of sp³-hybridized carbons (Fsp3) is 0.611. The van der Waals surface area contributed by atoms with Gasteiger partial charge >= 0.3 is 0 Å². The van der Waals surface area contributed by atoms with E-state index in [1.54, 1.807) is 0 Å². The number of benzene rings is 1. The Kier molecular flexibility index (Phi) is 7.68. The first-order valence-corrected chi connectivity index (χ1v) is 9.45. The molecule has 3 nitrogen and oxygen atoms in total. The van der Waals surface area contributed by atoms with Crippen molar-refractivity contribution in [2.75, 3.05) is 17.3 Å². The molecule has 0 saturated heterocycles. The molecule has 128 valence electrons. The fourth-order valence-corrected chi connectivity index (χ4v) is 3.71. The summed E-state index contributed by atoms with van der Waals surface area (Å²) in [5.41, 5.74) is 0.916. The maximum absolute atomic E-state index is 12.8. The minimum atomic E-state index is 0.0946. The van der Waals surface area contributed by atoms with Crippen molar-refractivity contribution in [1.29, 1.82) is 0 Å². The van der Waals surface area contributed by atoms with E-state index in [1.807, 2.05) is 29.2 Å². The average Bonchev–Trinajstić information content (AvgIpc) is 2.76. The van der Waals surface area contributed by atoms with Crippen LogP contribution in [-0.4, -0.2) is 30.4 Å². The van der Waals surface area contributed by atoms with E-state index < -0.39 is 0 Å². The largest absolute Gasteiger partial charge is 0.312 e. The zero-order chi connectivity index (χ0) is 16.7. The summed E-state index contributed by atoms with van der Waals surface area (Å²) in [5, 5.41) is 4.26. The first-order valence-electron chi connectivity index (χ1n) is 8.54. The predicted octanol–water partition coefficient (Wildman–Crippen LogP) is 4.61. The lowest BCUT2D eigenvalue weighted by molar-refractivity contribution is -0.118. The molecule has 1 saturated carbocycles. The highest BCUT2D eigenvalue weighted by molar-refractivity contribution is 6.30. The van der Waals surface area contributed by atoms with Crippen LogP contribution in [0.1, 0.15) is 45.4 Å². The van der Waals surface area contributed by atoms with E-state index in [0.717, 1.165) is 31.5 Å². The molecule has 5 heteroatoms. The van der Waals surface area contributed by atoms with Crippen LogP contribution in [0.25, 0.3) is 0 Å². The molecule has 0 spiro atoms. The van der Waals surface area contributed by atoms with Crippen LogP contribution in [0.4, 0.5) is 5.69 Å². The lowest BCUT2D eigenvalue weighted by Crippen LogP contribution is -2.52. The van der Waals surface area contributed by atoms with Crippen LogP contribution >= 0.6 is 23.2 Å². The summed E-state index contributed by atoms with van der Waals surface area (Å²) < 4.78 is 0. The second kappa shape index (κ2) is 9.51. The Morgan fingerprint density at radius 2 is 1.91 bits per heavy atom. The predicted molar refractivity (Wildman–Crippen MR) is 98.6 cm³/mol. The molecule has 0 heterocycles. The number of halogens is 2. The molecule has 1 N–H and O–H groups in total. The molecular formula is C18H26Cl2N2O. The van der Waals surface area contributed by atoms with Gasteiger partial charge in [-0.05, 0) is 43.7 Å². The van der Waals surface area contributed by atoms with Gasteiger partial charge in [0.2, 0.25) is 5.91 Å². The Morgan fingerprint density at radius 3 is 2.57 bits per heavy atom. The summed E-state index contributed by atoms with van der Waals surface area (Å²) in [6, 6.07) is 8.06. The van der Waals surface area contributed by atoms with Crippen LogP contribution in [0, 0.1) is 0 Å². The van der Waals surface area contributed by atoms with Crippen LogP contribution in [-0.2, 0) is 4.79 Å². The molecule has 0 aromatic heterocycles. The first-order chi connectivity index (χ1) is 11.2. The Bertz CT molecular complexity index is 492. The number of amides is 1. The SMILES string of the molecule is CCNC1CCCCCC1N(C(=O)CCCl)c1ccc(Cl)cc1. The maximum Gasteiger partial charge on any atom is 0.228 e. The smallest absolute Gasteiger partial charge is 0.228 e. The van der Waals surface area contributed by atoms with E-state index in [-0.39, 0.29) is 11.9 Å². The summed E-state index contributed by atoms with van der Waals surface area (Å²) in [5.74, 6) is 0.443. The van der Waals surface area contributed by atoms with Gasteiger partial charge in [0.05, 0.1) is 6.04 Å². The number of likely N-dealkylation sites (N-methyl/N-ethyl adjacent to an activating group) is 1. The van der Waals surface area contributed by atoms with Crippen molar-refractivity contribution in [3.63, 3.8) is 0 Å². The highest BCUT2D eigenvalue weighted by Crippen LogP contribution is 2.29. The van der Waals surface area contributed by atoms with Crippen molar-refractivity contribution < 1.29 is 4.79 Å². The highest BCUT2D eigenvalue weighted by atomic mass is 35.5. The zero-order valence-corrected chi connectivity index (χ0v) is 15.2. The van der Waals surface area contributed by atoms with Crippen molar-refractivity contribution >= 4 is 34.8 Å². The summed E-state index contributed by atoms with van der Waals surface area (Å²) in [6.45, 7) is 3.04. The number of hydrogen-bond donors (Lipinski definition) is 1. The monoisotopic (exact) mass is 356 g/mol. The van der Waals surface area contributed by atoms with Gasteiger partial charge in [0.15, 0.2) is 0 Å². The molecule has 2 rings (SSSR count). The van der Waals surface area contributed by atoms with Gasteiger partial charge in [-0.25, -0.2) is 0 Å². The van der Waals surface area contributed by atoms with Crippen molar-refractivity contribution in [2.24, 2.45) is 0 Å². The topological polar surface area (TPSA) is 32.3 Å². The third-order valence-corrected chi connectivity index (χ3v) is 4.90. The zero-order valence-electron chi connectivity index (χ0n) is 13.7. The van der Waals surface area contributed by atoms with Crippen LogP contribution in [0.3, 0.4) is 0 Å². The van der Waals surface area contributed by atoms with Gasteiger partial charge < -0.3 is 10.2 Å². The highest BCUT2D eigenvalue weighted by Gasteiger charge is 2.32. The Balaban J connectivity index is 2.33. The molecule has 0 bridgehead atoms. The average molecular weight is 357 g/mol. The minimum absolute atomic E-state index is 0.0946. The van der Waals surface area contributed by atoms with E-state index in [4.69, 9.17) is 23.2 Å². The molecule has 1 amide bonds. The van der Waals surface area contributed by atoms with Gasteiger partial charge in [0, 0.05) is 29.1 Å². The number of carbonyl (C=O) groups is 1. The lowest BCUT2D eigenvalue weighted by Gasteiger charge is -2.37. The molecule has 0 aliphatic heterocycles. The second-order valence-corrected chi connectivity index (χ2v) is 6.86. The number of nitrogens with zero attached hydrogens (tertiary/aromatic N) is 1. The summed E-state index contributed by atoms with van der Waals surface area (Å²) in [6.07, 6.45) is 6.10. The number of hydrogen-bond acceptors (Lipinski definition) is 2. The molecular weight excluding hydrogens is 331 g/mol. The standard InChI is InChI=1S/C18H26Cl2N2O/c1-2-21-16-6-4-3-5-7-17(16)22(18(23)12-13-19)15-10-8-14(20)9-11-15/h8-11,16-17,21H,2-7,12-13H2,1H3. The fourth-order valence-electron chi connectivity index (χ4n) is 3.42. The van der Waals surface area contributed by atoms with Crippen LogP contribution < -0.4 is 10.2 Å². The van der Waals surface area contributed by atoms with Gasteiger partial charge in [0.1, 0.15) is 0 Å². The molecule has 2 unspecified atom stereocenters. The van der Waals surface area contributed by atoms with E-state index in [0.29, 0.717) is 23.4 Å². The van der Waals surface area contributed by atoms with Crippen molar-refractivity contribution in [3.8, 4) is 0 Å². The lowest BCUT2D eigenvalue weighted by atomic mass is 9.99. The maximum atomic E-state index is 12.8. The van der Waals surface area contributed by atoms with Gasteiger partial charge in [-0.3, -0.25) is 4.79 Å². The van der Waals surface area contributed by atoms with Crippen LogP contribution in [0.5, 0.6) is 0 Å². The number of carbonyl (C=O) groups excluding carboxylic acids is 1. The molecule has 1 aliphatic rings. The Morgan fingerprint density at radius 1 is 1.22 bits per heavy atom. The van der Waals surface area contributed by atoms with Crippen molar-refractivity contribution in [1.82, 2.24) is 5.32 Å². The van der Waals surface area contributed by atoms with Crippen molar-refractivity contribution in [2.45, 2.75) is 57.5 Å². The summed E-state index contributed by atoms with van der Waals surface area (Å²) in [4.78, 5) is 14.7. The second-order valence-electron chi connectivity index (χ2n) is 6.05. The van der Waals surface area contributed by atoms with Crippen LogP contribution in [0.2, 0.25) is 5.02 Å². The first kappa shape index (κ1) is 18.6. The molecule has 1 aliphatic carbocycles. The number of rotatable bonds is 6. The van der Waals surface area contributed by atoms with E-state index >= 15 is 0 Å². The number of nitrogens with one attached hydrogen (secondary N) is 1. The minimum Gasteiger partial charge on any atom is -0.312 e. The van der Waals surface area contributed by atoms with E-state index in [1.165, 1.54) is 12.8 Å². The van der Waals surface area contributed by atoms with Crippen molar-refractivity contribution in [3.05, 3.63) is 29.3 Å². The quantitative estimate of drug-likeness (QED) is 0.596. The Labute approximate surface area is 149 Å². The number of anilines is 1.